The van der Waals surface area contributed by atoms with Crippen LogP contribution in [-0.4, -0.2) is 41.1 Å². The fourth-order valence-electron chi connectivity index (χ4n) is 3.17. The van der Waals surface area contributed by atoms with Gasteiger partial charge in [-0.25, -0.2) is 13.4 Å². The lowest BCUT2D eigenvalue weighted by molar-refractivity contribution is 0.0917. The summed E-state index contributed by atoms with van der Waals surface area (Å²) in [5.74, 6) is -0.527. The first-order valence-electron chi connectivity index (χ1n) is 8.95. The van der Waals surface area contributed by atoms with Gasteiger partial charge in [-0.2, -0.15) is 4.31 Å². The molecule has 4 heterocycles. The van der Waals surface area contributed by atoms with Crippen molar-refractivity contribution in [1.82, 2.24) is 19.0 Å². The van der Waals surface area contributed by atoms with Gasteiger partial charge in [0, 0.05) is 30.0 Å². The van der Waals surface area contributed by atoms with E-state index >= 15 is 0 Å². The third-order valence-electron chi connectivity index (χ3n) is 4.61. The molecule has 0 atom stereocenters. The van der Waals surface area contributed by atoms with Crippen molar-refractivity contribution in [1.29, 1.82) is 0 Å². The highest BCUT2D eigenvalue weighted by molar-refractivity contribution is 9.10. The summed E-state index contributed by atoms with van der Waals surface area (Å²) in [6, 6.07) is 6.46. The minimum atomic E-state index is -3.70. The maximum absolute atomic E-state index is 12.6. The molecule has 0 unspecified atom stereocenters. The van der Waals surface area contributed by atoms with E-state index in [2.05, 4.69) is 26.2 Å². The Morgan fingerprint density at radius 3 is 2.71 bits per heavy atom. The first-order chi connectivity index (χ1) is 13.4. The van der Waals surface area contributed by atoms with Gasteiger partial charge in [-0.15, -0.1) is 0 Å². The van der Waals surface area contributed by atoms with Crippen LogP contribution in [0.3, 0.4) is 0 Å². The number of imidazole rings is 1. The number of nitrogens with zero attached hydrogens (tertiary/aromatic N) is 3. The maximum atomic E-state index is 12.6. The van der Waals surface area contributed by atoms with Gasteiger partial charge in [0.1, 0.15) is 5.65 Å². The second kappa shape index (κ2) is 7.69. The van der Waals surface area contributed by atoms with E-state index in [1.165, 1.54) is 16.4 Å². The van der Waals surface area contributed by atoms with Gasteiger partial charge in [-0.1, -0.05) is 6.42 Å². The van der Waals surface area contributed by atoms with Crippen LogP contribution in [0.2, 0.25) is 0 Å². The van der Waals surface area contributed by atoms with E-state index in [4.69, 9.17) is 4.42 Å². The van der Waals surface area contributed by atoms with Crippen molar-refractivity contribution in [3.63, 3.8) is 0 Å². The molecule has 0 radical (unpaired) electrons. The van der Waals surface area contributed by atoms with Crippen LogP contribution >= 0.6 is 15.9 Å². The van der Waals surface area contributed by atoms with Gasteiger partial charge in [0.05, 0.1) is 12.2 Å². The number of fused-ring (bicyclic) bond motifs is 1. The van der Waals surface area contributed by atoms with E-state index < -0.39 is 15.9 Å². The van der Waals surface area contributed by atoms with Crippen LogP contribution in [0.1, 0.15) is 35.5 Å². The number of furan rings is 1. The number of pyridine rings is 1. The van der Waals surface area contributed by atoms with Crippen LogP contribution in [0.25, 0.3) is 5.65 Å². The number of aromatic nitrogens is 2. The van der Waals surface area contributed by atoms with Gasteiger partial charge >= 0.3 is 0 Å². The number of piperidine rings is 1. The average Bonchev–Trinajstić information content (AvgIpc) is 3.34. The van der Waals surface area contributed by atoms with Crippen molar-refractivity contribution in [2.75, 3.05) is 13.1 Å². The van der Waals surface area contributed by atoms with E-state index in [1.807, 2.05) is 28.9 Å². The predicted molar refractivity (Wildman–Crippen MR) is 105 cm³/mol. The number of rotatable bonds is 5. The molecule has 1 aliphatic heterocycles. The SMILES string of the molecule is O=C(NCc1cn2cc(Br)ccc2n1)c1ccc(S(=O)(=O)N2CCCCC2)o1. The Labute approximate surface area is 170 Å². The fraction of sp³-hybridized carbons (Fsp3) is 0.333. The monoisotopic (exact) mass is 466 g/mol. The highest BCUT2D eigenvalue weighted by Crippen LogP contribution is 2.22. The molecule has 0 saturated carbocycles. The Bertz CT molecular complexity index is 1120. The quantitative estimate of drug-likeness (QED) is 0.623. The summed E-state index contributed by atoms with van der Waals surface area (Å²) in [5.41, 5.74) is 1.44. The van der Waals surface area contributed by atoms with Crippen LogP contribution in [0.5, 0.6) is 0 Å². The van der Waals surface area contributed by atoms with Gasteiger partial charge in [0.15, 0.2) is 5.76 Å². The van der Waals surface area contributed by atoms with Gasteiger partial charge in [0.2, 0.25) is 5.09 Å². The Balaban J connectivity index is 1.43. The molecule has 28 heavy (non-hydrogen) atoms. The number of hydrogen-bond acceptors (Lipinski definition) is 5. The van der Waals surface area contributed by atoms with Gasteiger partial charge in [-0.3, -0.25) is 4.79 Å². The van der Waals surface area contributed by atoms with Crippen molar-refractivity contribution >= 4 is 37.5 Å². The summed E-state index contributed by atoms with van der Waals surface area (Å²) in [6.07, 6.45) is 6.39. The molecular formula is C18H19BrN4O4S. The number of nitrogens with one attached hydrogen (secondary N) is 1. The molecule has 10 heteroatoms. The molecule has 148 valence electrons. The lowest BCUT2D eigenvalue weighted by Crippen LogP contribution is -2.35. The van der Waals surface area contributed by atoms with Crippen LogP contribution in [0, 0.1) is 0 Å². The van der Waals surface area contributed by atoms with Crippen molar-refractivity contribution in [2.45, 2.75) is 30.9 Å². The molecule has 0 spiro atoms. The molecule has 1 aliphatic rings. The van der Waals surface area contributed by atoms with E-state index in [9.17, 15) is 13.2 Å². The second-order valence-electron chi connectivity index (χ2n) is 6.61. The summed E-state index contributed by atoms with van der Waals surface area (Å²) in [4.78, 5) is 16.8. The van der Waals surface area contributed by atoms with Crippen molar-refractivity contribution in [3.8, 4) is 0 Å². The topological polar surface area (TPSA) is 96.9 Å². The molecule has 0 aromatic carbocycles. The van der Waals surface area contributed by atoms with Crippen molar-refractivity contribution in [2.24, 2.45) is 0 Å². The van der Waals surface area contributed by atoms with E-state index in [0.717, 1.165) is 29.4 Å². The Morgan fingerprint density at radius 2 is 1.93 bits per heavy atom. The molecule has 8 nitrogen and oxygen atoms in total. The summed E-state index contributed by atoms with van der Waals surface area (Å²) in [7, 11) is -3.70. The number of halogens is 1. The first kappa shape index (κ1) is 19.2. The summed E-state index contributed by atoms with van der Waals surface area (Å²) >= 11 is 3.40. The Hall–Kier alpha value is -2.17. The minimum Gasteiger partial charge on any atom is -0.438 e. The summed E-state index contributed by atoms with van der Waals surface area (Å²) < 4.78 is 34.8. The first-order valence-corrected chi connectivity index (χ1v) is 11.2. The Kier molecular flexibility index (Phi) is 5.26. The van der Waals surface area contributed by atoms with Crippen LogP contribution < -0.4 is 5.32 Å². The van der Waals surface area contributed by atoms with Gasteiger partial charge in [-0.05, 0) is 53.0 Å². The third kappa shape index (κ3) is 3.85. The van der Waals surface area contributed by atoms with Gasteiger partial charge in [0.25, 0.3) is 15.9 Å². The largest absolute Gasteiger partial charge is 0.438 e. The molecule has 0 bridgehead atoms. The smallest absolute Gasteiger partial charge is 0.287 e. The van der Waals surface area contributed by atoms with Gasteiger partial charge < -0.3 is 14.1 Å². The van der Waals surface area contributed by atoms with E-state index in [0.29, 0.717) is 18.8 Å². The summed E-state index contributed by atoms with van der Waals surface area (Å²) in [5, 5.41) is 2.51. The van der Waals surface area contributed by atoms with E-state index in [1.54, 1.807) is 0 Å². The lowest BCUT2D eigenvalue weighted by Gasteiger charge is -2.24. The zero-order valence-corrected chi connectivity index (χ0v) is 17.4. The zero-order valence-electron chi connectivity index (χ0n) is 15.0. The lowest BCUT2D eigenvalue weighted by atomic mass is 10.2. The average molecular weight is 467 g/mol. The van der Waals surface area contributed by atoms with Crippen LogP contribution in [0.4, 0.5) is 0 Å². The predicted octanol–water partition coefficient (Wildman–Crippen LogP) is 2.79. The molecule has 1 amide bonds. The fourth-order valence-corrected chi connectivity index (χ4v) is 4.95. The normalized spacial score (nSPS) is 15.8. The number of hydrogen-bond donors (Lipinski definition) is 1. The highest BCUT2D eigenvalue weighted by Gasteiger charge is 2.29. The van der Waals surface area contributed by atoms with E-state index in [-0.39, 0.29) is 17.4 Å². The maximum Gasteiger partial charge on any atom is 0.287 e. The molecule has 3 aromatic heterocycles. The molecule has 3 aromatic rings. The van der Waals surface area contributed by atoms with Crippen LogP contribution in [0.15, 0.2) is 50.6 Å². The molecular weight excluding hydrogens is 448 g/mol. The van der Waals surface area contributed by atoms with Crippen molar-refractivity contribution < 1.29 is 17.6 Å². The number of carbonyl (C=O) groups excluding carboxylic acids is 1. The second-order valence-corrected chi connectivity index (χ2v) is 9.40. The van der Waals surface area contributed by atoms with Crippen LogP contribution in [-0.2, 0) is 16.6 Å². The minimum absolute atomic E-state index is 0.0397. The molecule has 1 N–H and O–H groups in total. The molecule has 1 saturated heterocycles. The number of carbonyl (C=O) groups is 1. The molecule has 4 rings (SSSR count). The number of sulfonamides is 1. The summed E-state index contributed by atoms with van der Waals surface area (Å²) in [6.45, 7) is 1.16. The zero-order chi connectivity index (χ0) is 19.7. The Morgan fingerprint density at radius 1 is 1.14 bits per heavy atom. The van der Waals surface area contributed by atoms with Crippen molar-refractivity contribution in [3.05, 3.63) is 52.6 Å². The highest BCUT2D eigenvalue weighted by atomic mass is 79.9. The molecule has 0 aliphatic carbocycles. The standard InChI is InChI=1S/C18H19BrN4O4S/c19-13-4-6-16-21-14(12-22(16)11-13)10-20-18(24)15-5-7-17(27-15)28(25,26)23-8-2-1-3-9-23/h4-7,11-12H,1-3,8-10H2,(H,20,24). The molecule has 1 fully saturated rings. The third-order valence-corrected chi connectivity index (χ3v) is 6.85. The number of amides is 1.